The molecule has 3 unspecified atom stereocenters. The van der Waals surface area contributed by atoms with Crippen LogP contribution in [0.25, 0.3) is 0 Å². The number of carbonyl (C=O) groups excluding carboxylic acids is 11. The van der Waals surface area contributed by atoms with Crippen LogP contribution >= 0.6 is 136 Å². The second-order valence-electron chi connectivity index (χ2n) is 13.8. The van der Waals surface area contributed by atoms with Crippen LogP contribution in [0.4, 0.5) is 16.2 Å². The second-order valence-corrected chi connectivity index (χ2v) is 20.3. The van der Waals surface area contributed by atoms with Crippen LogP contribution in [-0.2, 0) is 73.3 Å². The molecule has 2 aromatic carbocycles. The van der Waals surface area contributed by atoms with Crippen LogP contribution in [0, 0.1) is 21.4 Å². The van der Waals surface area contributed by atoms with E-state index in [2.05, 4.69) is 26.6 Å². The van der Waals surface area contributed by atoms with Crippen molar-refractivity contribution < 1.29 is 85.9 Å². The van der Waals surface area contributed by atoms with E-state index in [1.165, 1.54) is 6.92 Å². The fraction of sp³-hybridized carbons (Fsp3) is 0.425. The summed E-state index contributed by atoms with van der Waals surface area (Å²) in [6, 6.07) is -0.949. The summed E-state index contributed by atoms with van der Waals surface area (Å²) < 4.78 is 37.0. The predicted octanol–water partition coefficient (Wildman–Crippen LogP) is 4.70. The number of urea groups is 1. The number of esters is 7. The highest BCUT2D eigenvalue weighted by molar-refractivity contribution is 14.1. The first-order valence-electron chi connectivity index (χ1n) is 19.5. The van der Waals surface area contributed by atoms with Crippen molar-refractivity contribution in [2.45, 2.75) is 73.4 Å². The third-order valence-electron chi connectivity index (χ3n) is 8.19. The van der Waals surface area contributed by atoms with Gasteiger partial charge < -0.3 is 59.7 Å². The monoisotopic (exact) mass is 1640 g/mol. The van der Waals surface area contributed by atoms with Gasteiger partial charge in [-0.25, -0.2) is 4.79 Å². The molecule has 378 valence electrons. The van der Waals surface area contributed by atoms with Gasteiger partial charge in [0.2, 0.25) is 0 Å². The molecule has 0 aliphatic heterocycles. The highest BCUT2D eigenvalue weighted by atomic mass is 127. The number of hydrogen-bond donors (Lipinski definition) is 5. The van der Waals surface area contributed by atoms with Gasteiger partial charge in [0.25, 0.3) is 17.7 Å². The maximum Gasteiger partial charge on any atom is 0.323 e. The summed E-state index contributed by atoms with van der Waals surface area (Å²) in [5.41, 5.74) is 0.0736. The normalized spacial score (nSPS) is 11.8. The number of rotatable bonds is 22. The van der Waals surface area contributed by atoms with Crippen molar-refractivity contribution >= 4 is 212 Å². The Bertz CT molecular complexity index is 2300. The second kappa shape index (κ2) is 30.0. The lowest BCUT2D eigenvalue weighted by Gasteiger charge is -2.23. The Hall–Kier alpha value is -3.21. The summed E-state index contributed by atoms with van der Waals surface area (Å²) in [5.74, 6) is -7.16. The molecule has 0 saturated heterocycles. The van der Waals surface area contributed by atoms with E-state index in [0.29, 0.717) is 12.7 Å². The zero-order valence-corrected chi connectivity index (χ0v) is 50.2. The smallest absolute Gasteiger partial charge is 0.323 e. The number of ether oxygens (including phenoxy) is 7. The molecular formula is C40H43I6N5O18. The number of halogens is 6. The average Bonchev–Trinajstić information content (AvgIpc) is 3.23. The molecule has 0 fully saturated rings. The lowest BCUT2D eigenvalue weighted by molar-refractivity contribution is -0.155. The van der Waals surface area contributed by atoms with Gasteiger partial charge in [0.1, 0.15) is 26.4 Å². The summed E-state index contributed by atoms with van der Waals surface area (Å²) >= 11 is 11.0. The number of benzene rings is 2. The Labute approximate surface area is 476 Å². The number of nitrogens with one attached hydrogen (secondary N) is 5. The third-order valence-corrected chi connectivity index (χ3v) is 14.9. The molecule has 0 saturated carbocycles. The molecule has 0 aliphatic carbocycles. The molecule has 0 radical (unpaired) electrons. The highest BCUT2D eigenvalue weighted by Crippen LogP contribution is 2.38. The van der Waals surface area contributed by atoms with Crippen LogP contribution in [0.1, 0.15) is 85.1 Å². The minimum Gasteiger partial charge on any atom is -0.462 e. The molecule has 29 heteroatoms. The Morgan fingerprint density at radius 1 is 0.391 bits per heavy atom. The lowest BCUT2D eigenvalue weighted by Crippen LogP contribution is -2.40. The van der Waals surface area contributed by atoms with Gasteiger partial charge in [0, 0.05) is 64.7 Å². The SMILES string of the molecule is CC(=O)OCc1c(I)c(NC(=O)Nc2c(I)c(C(=O)NCC(COC(C)=O)OC(C)=O)c(I)c(C(=O)NCC(COC(C)=O)OC(C)=O)c2I)c(I)c(C(=O)NCC(COC(C)=O)OC(C)=O)c1I. The Morgan fingerprint density at radius 3 is 0.971 bits per heavy atom. The topological polar surface area (TPSA) is 313 Å². The number of amides is 5. The molecule has 5 N–H and O–H groups in total. The van der Waals surface area contributed by atoms with Crippen molar-refractivity contribution in [2.75, 3.05) is 50.1 Å². The Balaban J connectivity index is 2.77. The molecule has 3 atom stereocenters. The molecule has 0 aromatic heterocycles. The third kappa shape index (κ3) is 20.4. The quantitative estimate of drug-likeness (QED) is 0.0606. The van der Waals surface area contributed by atoms with Crippen LogP contribution < -0.4 is 26.6 Å². The zero-order chi connectivity index (χ0) is 52.4. The lowest BCUT2D eigenvalue weighted by atomic mass is 10.1. The maximum absolute atomic E-state index is 14.2. The van der Waals surface area contributed by atoms with E-state index >= 15 is 0 Å². The van der Waals surface area contributed by atoms with Crippen molar-refractivity contribution in [1.29, 1.82) is 0 Å². The molecule has 0 heterocycles. The molecule has 5 amide bonds. The van der Waals surface area contributed by atoms with E-state index in [1.807, 2.05) is 67.8 Å². The van der Waals surface area contributed by atoms with Crippen molar-refractivity contribution in [3.05, 3.63) is 43.7 Å². The minimum absolute atomic E-state index is 0.0148. The van der Waals surface area contributed by atoms with Crippen molar-refractivity contribution in [3.63, 3.8) is 0 Å². The van der Waals surface area contributed by atoms with E-state index in [1.54, 1.807) is 67.8 Å². The van der Waals surface area contributed by atoms with Crippen LogP contribution in [0.5, 0.6) is 0 Å². The van der Waals surface area contributed by atoms with Gasteiger partial charge in [-0.3, -0.25) is 47.9 Å². The predicted molar refractivity (Wildman–Crippen MR) is 291 cm³/mol. The first-order chi connectivity index (χ1) is 32.2. The van der Waals surface area contributed by atoms with E-state index in [-0.39, 0.29) is 75.2 Å². The van der Waals surface area contributed by atoms with Gasteiger partial charge in [-0.15, -0.1) is 0 Å². The van der Waals surface area contributed by atoms with Crippen molar-refractivity contribution in [1.82, 2.24) is 16.0 Å². The number of anilines is 2. The Kier molecular flexibility index (Phi) is 26.9. The molecule has 0 spiro atoms. The van der Waals surface area contributed by atoms with E-state index in [0.717, 1.165) is 41.5 Å². The molecule has 2 aromatic rings. The highest BCUT2D eigenvalue weighted by Gasteiger charge is 2.32. The first-order valence-corrected chi connectivity index (χ1v) is 26.0. The molecule has 0 aliphatic rings. The van der Waals surface area contributed by atoms with Crippen molar-refractivity contribution in [2.24, 2.45) is 0 Å². The van der Waals surface area contributed by atoms with Gasteiger partial charge in [-0.1, -0.05) is 0 Å². The van der Waals surface area contributed by atoms with Crippen molar-refractivity contribution in [3.8, 4) is 0 Å². The van der Waals surface area contributed by atoms with Crippen LogP contribution in [0.15, 0.2) is 0 Å². The molecular weight excluding hydrogens is 1600 g/mol. The summed E-state index contributed by atoms with van der Waals surface area (Å²) in [6.45, 7) is 5.48. The fourth-order valence-electron chi connectivity index (χ4n) is 5.38. The minimum atomic E-state index is -1.12. The van der Waals surface area contributed by atoms with Gasteiger partial charge in [0.05, 0.1) is 58.4 Å². The van der Waals surface area contributed by atoms with Gasteiger partial charge in [-0.05, 0) is 136 Å². The molecule has 0 bridgehead atoms. The number of carbonyl (C=O) groups is 11. The van der Waals surface area contributed by atoms with E-state index < -0.39 is 97.1 Å². The summed E-state index contributed by atoms with van der Waals surface area (Å²) in [7, 11) is 0. The van der Waals surface area contributed by atoms with E-state index in [4.69, 9.17) is 33.2 Å². The van der Waals surface area contributed by atoms with Crippen LogP contribution in [-0.4, -0.2) is 123 Å². The number of hydrogen-bond acceptors (Lipinski definition) is 18. The molecule has 23 nitrogen and oxygen atoms in total. The Morgan fingerprint density at radius 2 is 0.681 bits per heavy atom. The van der Waals surface area contributed by atoms with Gasteiger partial charge in [-0.2, -0.15) is 0 Å². The largest absolute Gasteiger partial charge is 0.462 e. The van der Waals surface area contributed by atoms with Gasteiger partial charge >= 0.3 is 47.8 Å². The first kappa shape index (κ1) is 61.9. The molecule has 69 heavy (non-hydrogen) atoms. The zero-order valence-electron chi connectivity index (χ0n) is 37.3. The summed E-state index contributed by atoms with van der Waals surface area (Å²) in [5, 5.41) is 13.3. The summed E-state index contributed by atoms with van der Waals surface area (Å²) in [6.07, 6.45) is -3.31. The van der Waals surface area contributed by atoms with Crippen LogP contribution in [0.2, 0.25) is 0 Å². The molecule has 2 rings (SSSR count). The average molecular weight is 1640 g/mol. The van der Waals surface area contributed by atoms with E-state index in [9.17, 15) is 52.7 Å². The fourth-order valence-corrected chi connectivity index (χ4v) is 14.0. The maximum atomic E-state index is 14.2. The van der Waals surface area contributed by atoms with Crippen LogP contribution in [0.3, 0.4) is 0 Å². The standard InChI is InChI=1S/C40H43I6N5O18/c1-15(52)63-11-22(67-19(5)56)8-47-37(59)26-29(41)25(14-66-18(4)55)30(42)35(32(26)44)50-40(62)51-36-33(45)27(38(60)48-9-23(68-20(6)57)12-64-16(2)53)31(43)28(34(36)46)39(61)49-10-24(69-21(7)58)13-65-17(3)54/h22-24H,8-14H2,1-7H3,(H,47,59)(H,48,60)(H,49,61)(H2,50,51,62). The van der Waals surface area contributed by atoms with Gasteiger partial charge in [0.15, 0.2) is 18.3 Å². The summed E-state index contributed by atoms with van der Waals surface area (Å²) in [4.78, 5) is 138.